The van der Waals surface area contributed by atoms with Gasteiger partial charge in [0.1, 0.15) is 18.0 Å². The van der Waals surface area contributed by atoms with Crippen molar-refractivity contribution >= 4 is 29.2 Å². The van der Waals surface area contributed by atoms with E-state index in [1.54, 1.807) is 6.07 Å². The van der Waals surface area contributed by atoms with Gasteiger partial charge >= 0.3 is 5.97 Å². The molecule has 0 aliphatic rings. The van der Waals surface area contributed by atoms with Crippen LogP contribution >= 0.6 is 23.2 Å². The SMILES string of the molecule is O=C(O)c1cccc(Cl)c1OCc1cccc(F)c1Cl. The molecule has 0 saturated heterocycles. The molecule has 0 bridgehead atoms. The molecule has 0 fully saturated rings. The van der Waals surface area contributed by atoms with Gasteiger partial charge in [-0.1, -0.05) is 41.4 Å². The number of ether oxygens (including phenoxy) is 1. The molecule has 0 aliphatic heterocycles. The Labute approximate surface area is 124 Å². The van der Waals surface area contributed by atoms with Crippen LogP contribution in [-0.4, -0.2) is 11.1 Å². The Morgan fingerprint density at radius 2 is 1.90 bits per heavy atom. The lowest BCUT2D eigenvalue weighted by atomic mass is 10.2. The second-order valence-electron chi connectivity index (χ2n) is 3.92. The highest BCUT2D eigenvalue weighted by Gasteiger charge is 2.15. The predicted molar refractivity (Wildman–Crippen MR) is 74.2 cm³/mol. The third kappa shape index (κ3) is 3.03. The Bertz CT molecular complexity index is 659. The normalized spacial score (nSPS) is 10.3. The number of carbonyl (C=O) groups is 1. The molecule has 0 unspecified atom stereocenters. The molecule has 0 amide bonds. The third-order valence-electron chi connectivity index (χ3n) is 2.60. The summed E-state index contributed by atoms with van der Waals surface area (Å²) in [6.07, 6.45) is 0. The van der Waals surface area contributed by atoms with Gasteiger partial charge in [-0.15, -0.1) is 0 Å². The first-order valence-electron chi connectivity index (χ1n) is 5.58. The van der Waals surface area contributed by atoms with Gasteiger partial charge in [-0.25, -0.2) is 9.18 Å². The molecule has 20 heavy (non-hydrogen) atoms. The topological polar surface area (TPSA) is 46.5 Å². The number of hydrogen-bond donors (Lipinski definition) is 1. The van der Waals surface area contributed by atoms with Gasteiger partial charge in [0.05, 0.1) is 10.0 Å². The molecule has 0 aliphatic carbocycles. The van der Waals surface area contributed by atoms with Crippen LogP contribution in [0.15, 0.2) is 36.4 Å². The van der Waals surface area contributed by atoms with Crippen LogP contribution < -0.4 is 4.74 Å². The van der Waals surface area contributed by atoms with Crippen LogP contribution in [-0.2, 0) is 6.61 Å². The van der Waals surface area contributed by atoms with E-state index in [9.17, 15) is 9.18 Å². The van der Waals surface area contributed by atoms with Crippen molar-refractivity contribution in [3.05, 3.63) is 63.4 Å². The average molecular weight is 315 g/mol. The Morgan fingerprint density at radius 3 is 2.60 bits per heavy atom. The zero-order valence-corrected chi connectivity index (χ0v) is 11.6. The minimum absolute atomic E-state index is 0.0296. The minimum atomic E-state index is -1.16. The van der Waals surface area contributed by atoms with Crippen LogP contribution in [0.5, 0.6) is 5.75 Å². The number of para-hydroxylation sites is 1. The molecule has 0 spiro atoms. The molecule has 0 heterocycles. The summed E-state index contributed by atoms with van der Waals surface area (Å²) in [5.41, 5.74) is 0.341. The van der Waals surface area contributed by atoms with E-state index in [4.69, 9.17) is 33.0 Å². The number of rotatable bonds is 4. The fraction of sp³-hybridized carbons (Fsp3) is 0.0714. The zero-order valence-electron chi connectivity index (χ0n) is 10.1. The number of carboxylic acids is 1. The molecule has 0 aromatic heterocycles. The molecule has 2 aromatic rings. The van der Waals surface area contributed by atoms with E-state index in [1.807, 2.05) is 0 Å². The van der Waals surface area contributed by atoms with Crippen molar-refractivity contribution in [2.24, 2.45) is 0 Å². The van der Waals surface area contributed by atoms with Gasteiger partial charge in [-0.05, 0) is 18.2 Å². The number of hydrogen-bond acceptors (Lipinski definition) is 2. The first-order valence-corrected chi connectivity index (χ1v) is 6.33. The van der Waals surface area contributed by atoms with Crippen molar-refractivity contribution < 1.29 is 19.0 Å². The fourth-order valence-corrected chi connectivity index (χ4v) is 2.04. The van der Waals surface area contributed by atoms with Crippen LogP contribution in [0.1, 0.15) is 15.9 Å². The van der Waals surface area contributed by atoms with Crippen molar-refractivity contribution in [2.45, 2.75) is 6.61 Å². The average Bonchev–Trinajstić information content (AvgIpc) is 2.41. The van der Waals surface area contributed by atoms with Crippen molar-refractivity contribution in [1.29, 1.82) is 0 Å². The maximum Gasteiger partial charge on any atom is 0.339 e. The molecule has 1 N–H and O–H groups in total. The van der Waals surface area contributed by atoms with Crippen molar-refractivity contribution in [1.82, 2.24) is 0 Å². The highest BCUT2D eigenvalue weighted by molar-refractivity contribution is 6.32. The molecule has 3 nitrogen and oxygen atoms in total. The lowest BCUT2D eigenvalue weighted by molar-refractivity contribution is 0.0691. The lowest BCUT2D eigenvalue weighted by Crippen LogP contribution is -2.04. The van der Waals surface area contributed by atoms with Crippen LogP contribution in [0, 0.1) is 5.82 Å². The first kappa shape index (κ1) is 14.6. The van der Waals surface area contributed by atoms with E-state index in [2.05, 4.69) is 0 Å². The number of benzene rings is 2. The van der Waals surface area contributed by atoms with Crippen LogP contribution in [0.2, 0.25) is 10.0 Å². The van der Waals surface area contributed by atoms with Crippen LogP contribution in [0.4, 0.5) is 4.39 Å². The summed E-state index contributed by atoms with van der Waals surface area (Å²) in [5.74, 6) is -1.69. The second-order valence-corrected chi connectivity index (χ2v) is 4.71. The van der Waals surface area contributed by atoms with Crippen molar-refractivity contribution in [3.63, 3.8) is 0 Å². The molecule has 2 aromatic carbocycles. The van der Waals surface area contributed by atoms with Gasteiger partial charge in [0.15, 0.2) is 5.75 Å². The van der Waals surface area contributed by atoms with Crippen molar-refractivity contribution in [2.75, 3.05) is 0 Å². The summed E-state index contributed by atoms with van der Waals surface area (Å²) in [6.45, 7) is -0.0827. The smallest absolute Gasteiger partial charge is 0.339 e. The third-order valence-corrected chi connectivity index (χ3v) is 3.32. The molecule has 0 radical (unpaired) electrons. The van der Waals surface area contributed by atoms with Crippen LogP contribution in [0.25, 0.3) is 0 Å². The molecule has 2 rings (SSSR count). The largest absolute Gasteiger partial charge is 0.486 e. The first-order chi connectivity index (χ1) is 9.50. The van der Waals surface area contributed by atoms with Gasteiger partial charge in [0, 0.05) is 5.56 Å². The summed E-state index contributed by atoms with van der Waals surface area (Å²) in [6, 6.07) is 8.69. The number of carboxylic acid groups (broad SMARTS) is 1. The van der Waals surface area contributed by atoms with Gasteiger partial charge in [-0.3, -0.25) is 0 Å². The van der Waals surface area contributed by atoms with E-state index in [0.29, 0.717) is 5.56 Å². The standard InChI is InChI=1S/C14H9Cl2FO3/c15-10-5-2-4-9(14(18)19)13(10)20-7-8-3-1-6-11(17)12(8)16/h1-6H,7H2,(H,18,19). The fourth-order valence-electron chi connectivity index (χ4n) is 1.63. The van der Waals surface area contributed by atoms with E-state index >= 15 is 0 Å². The number of aromatic carboxylic acids is 1. The Balaban J connectivity index is 2.27. The predicted octanol–water partition coefficient (Wildman–Crippen LogP) is 4.41. The molecule has 0 saturated carbocycles. The number of halogens is 3. The van der Waals surface area contributed by atoms with E-state index in [-0.39, 0.29) is 28.0 Å². The van der Waals surface area contributed by atoms with E-state index < -0.39 is 11.8 Å². The Kier molecular flexibility index (Phi) is 4.47. The molecule has 0 atom stereocenters. The van der Waals surface area contributed by atoms with E-state index in [1.165, 1.54) is 30.3 Å². The second kappa shape index (κ2) is 6.11. The van der Waals surface area contributed by atoms with Crippen molar-refractivity contribution in [3.8, 4) is 5.75 Å². The highest BCUT2D eigenvalue weighted by atomic mass is 35.5. The Hall–Kier alpha value is -1.78. The van der Waals surface area contributed by atoms with Gasteiger partial charge < -0.3 is 9.84 Å². The summed E-state index contributed by atoms with van der Waals surface area (Å²) < 4.78 is 18.7. The Morgan fingerprint density at radius 1 is 1.20 bits per heavy atom. The zero-order chi connectivity index (χ0) is 14.7. The summed E-state index contributed by atoms with van der Waals surface area (Å²) in [4.78, 5) is 11.1. The van der Waals surface area contributed by atoms with E-state index in [0.717, 1.165) is 0 Å². The molecular formula is C14H9Cl2FO3. The summed E-state index contributed by atoms with van der Waals surface area (Å²) in [5, 5.41) is 9.17. The van der Waals surface area contributed by atoms with Crippen LogP contribution in [0.3, 0.4) is 0 Å². The van der Waals surface area contributed by atoms with Gasteiger partial charge in [-0.2, -0.15) is 0 Å². The quantitative estimate of drug-likeness (QED) is 0.909. The van der Waals surface area contributed by atoms with Gasteiger partial charge in [0.25, 0.3) is 0 Å². The molecule has 6 heteroatoms. The molecular weight excluding hydrogens is 306 g/mol. The minimum Gasteiger partial charge on any atom is -0.486 e. The molecule has 104 valence electrons. The lowest BCUT2D eigenvalue weighted by Gasteiger charge is -2.12. The van der Waals surface area contributed by atoms with Gasteiger partial charge in [0.2, 0.25) is 0 Å². The maximum atomic E-state index is 13.3. The summed E-state index contributed by atoms with van der Waals surface area (Å²) >= 11 is 11.7. The summed E-state index contributed by atoms with van der Waals surface area (Å²) in [7, 11) is 0. The highest BCUT2D eigenvalue weighted by Crippen LogP contribution is 2.30. The monoisotopic (exact) mass is 314 g/mol. The maximum absolute atomic E-state index is 13.3.